The zero-order chi connectivity index (χ0) is 19.6. The minimum Gasteiger partial charge on any atom is -0.0619 e. The van der Waals surface area contributed by atoms with Gasteiger partial charge in [0.1, 0.15) is 0 Å². The van der Waals surface area contributed by atoms with Crippen LogP contribution in [0.1, 0.15) is 75.2 Å². The van der Waals surface area contributed by atoms with Crippen LogP contribution in [0.5, 0.6) is 0 Å². The van der Waals surface area contributed by atoms with Crippen LogP contribution in [0, 0.1) is 96.6 Å². The van der Waals surface area contributed by atoms with Crippen molar-refractivity contribution in [2.75, 3.05) is 0 Å². The van der Waals surface area contributed by atoms with E-state index in [0.717, 1.165) is 53.3 Å². The highest BCUT2D eigenvalue weighted by Gasteiger charge is 3.15. The van der Waals surface area contributed by atoms with Crippen LogP contribution in [0.4, 0.5) is 0 Å². The molecule has 0 nitrogen and oxygen atoms in total. The van der Waals surface area contributed by atoms with E-state index in [9.17, 15) is 0 Å². The molecule has 0 N–H and O–H groups in total. The van der Waals surface area contributed by atoms with Crippen LogP contribution in [0.3, 0.4) is 0 Å². The SMILES string of the molecule is CC1C2CC3C4C5C6(C)CC78C1C(C)C7(C)C6(C)C1(C)C4(C)C3(C)C(C)C2C581. The van der Waals surface area contributed by atoms with E-state index in [1.54, 1.807) is 12.8 Å². The third kappa shape index (κ3) is 0.651. The van der Waals surface area contributed by atoms with Gasteiger partial charge in [0.15, 0.2) is 0 Å². The van der Waals surface area contributed by atoms with Crippen LogP contribution in [-0.2, 0) is 0 Å². The van der Waals surface area contributed by atoms with Crippen LogP contribution in [0.25, 0.3) is 0 Å². The van der Waals surface area contributed by atoms with Gasteiger partial charge in [0.2, 0.25) is 0 Å². The van der Waals surface area contributed by atoms with Gasteiger partial charge >= 0.3 is 0 Å². The molecule has 17 unspecified atom stereocenters. The summed E-state index contributed by atoms with van der Waals surface area (Å²) >= 11 is 0. The van der Waals surface area contributed by atoms with Gasteiger partial charge in [-0.05, 0) is 109 Å². The third-order valence-electron chi connectivity index (χ3n) is 18.1. The van der Waals surface area contributed by atoms with Crippen molar-refractivity contribution in [2.45, 2.75) is 75.2 Å². The molecule has 0 radical (unpaired) electrons. The fraction of sp³-hybridized carbons (Fsp3) is 1.00. The molecule has 17 atom stereocenters. The van der Waals surface area contributed by atoms with Gasteiger partial charge in [0, 0.05) is 0 Å². The summed E-state index contributed by atoms with van der Waals surface area (Å²) in [6.45, 7) is 25.4. The van der Waals surface area contributed by atoms with Gasteiger partial charge in [0.05, 0.1) is 0 Å². The standard InChI is InChI=1S/C28H40/c1-12-15-10-16-19-20-21(4)11-27-17(12)14(3)23(27,6)25(21,8)26(9)24(19,7)22(16,5)13(2)18(15)28(20,26)27/h12-20H,10-11H2,1-9H3. The molecule has 0 saturated heterocycles. The Kier molecular flexibility index (Phi) is 1.73. The van der Waals surface area contributed by atoms with Crippen molar-refractivity contribution < 1.29 is 0 Å². The van der Waals surface area contributed by atoms with Crippen LogP contribution in [0.15, 0.2) is 0 Å². The molecule has 152 valence electrons. The summed E-state index contributed by atoms with van der Waals surface area (Å²) in [6.07, 6.45) is 3.24. The van der Waals surface area contributed by atoms with Gasteiger partial charge in [-0.25, -0.2) is 0 Å². The molecule has 10 aliphatic rings. The van der Waals surface area contributed by atoms with E-state index in [2.05, 4.69) is 62.3 Å². The minimum atomic E-state index is 0.565. The lowest BCUT2D eigenvalue weighted by Gasteiger charge is -2.85. The lowest BCUT2D eigenvalue weighted by molar-refractivity contribution is -0.385. The lowest BCUT2D eigenvalue weighted by Crippen LogP contribution is -2.81. The van der Waals surface area contributed by atoms with Gasteiger partial charge in [-0.3, -0.25) is 0 Å². The van der Waals surface area contributed by atoms with E-state index in [1.165, 1.54) is 0 Å². The molecule has 28 heavy (non-hydrogen) atoms. The maximum absolute atomic E-state index is 2.94. The largest absolute Gasteiger partial charge is 0.0619 e. The van der Waals surface area contributed by atoms with Crippen LogP contribution < -0.4 is 0 Å². The minimum absolute atomic E-state index is 0.565. The molecule has 0 aliphatic heterocycles. The maximum atomic E-state index is 2.94. The topological polar surface area (TPSA) is 0 Å². The second-order valence-corrected chi connectivity index (χ2v) is 15.4. The summed E-state index contributed by atoms with van der Waals surface area (Å²) in [4.78, 5) is 0. The second kappa shape index (κ2) is 3.08. The molecule has 0 aromatic carbocycles. The first-order valence-electron chi connectivity index (χ1n) is 12.9. The monoisotopic (exact) mass is 376 g/mol. The fourth-order valence-electron chi connectivity index (χ4n) is 18.5. The molecule has 9 bridgehead atoms. The zero-order valence-electron chi connectivity index (χ0n) is 19.6. The first kappa shape index (κ1) is 15.8. The molecule has 2 spiro atoms. The smallest absolute Gasteiger partial charge is 0.00970 e. The Morgan fingerprint density at radius 3 is 2.07 bits per heavy atom. The van der Waals surface area contributed by atoms with Crippen molar-refractivity contribution in [2.24, 2.45) is 96.6 Å². The van der Waals surface area contributed by atoms with Gasteiger partial charge in [-0.2, -0.15) is 0 Å². The van der Waals surface area contributed by atoms with E-state index in [-0.39, 0.29) is 0 Å². The van der Waals surface area contributed by atoms with Crippen molar-refractivity contribution in [1.82, 2.24) is 0 Å². The van der Waals surface area contributed by atoms with E-state index in [0.29, 0.717) is 43.3 Å². The molecule has 0 amide bonds. The molecule has 0 heteroatoms. The summed E-state index contributed by atoms with van der Waals surface area (Å²) in [5, 5.41) is 0. The second-order valence-electron chi connectivity index (χ2n) is 15.4. The van der Waals surface area contributed by atoms with E-state index in [4.69, 9.17) is 0 Å². The average molecular weight is 377 g/mol. The molecule has 10 rings (SSSR count). The number of hydrogen-bond acceptors (Lipinski definition) is 0. The van der Waals surface area contributed by atoms with Crippen LogP contribution >= 0.6 is 0 Å². The van der Waals surface area contributed by atoms with Crippen molar-refractivity contribution in [3.63, 3.8) is 0 Å². The Balaban J connectivity index is 1.56. The van der Waals surface area contributed by atoms with Gasteiger partial charge in [-0.15, -0.1) is 0 Å². The summed E-state index contributed by atoms with van der Waals surface area (Å²) in [5.41, 5.74) is 5.04. The van der Waals surface area contributed by atoms with Gasteiger partial charge in [-0.1, -0.05) is 62.3 Å². The van der Waals surface area contributed by atoms with Crippen LogP contribution in [0.2, 0.25) is 0 Å². The number of hydrogen-bond donors (Lipinski definition) is 0. The Hall–Kier alpha value is 0. The molecule has 0 aromatic rings. The summed E-state index contributed by atoms with van der Waals surface area (Å²) in [5.74, 6) is 9.27. The van der Waals surface area contributed by atoms with Crippen molar-refractivity contribution in [1.29, 1.82) is 0 Å². The predicted molar refractivity (Wildman–Crippen MR) is 111 cm³/mol. The average Bonchev–Trinajstić information content (AvgIpc) is 3.03. The predicted octanol–water partition coefficient (Wildman–Crippen LogP) is 6.51. The molecule has 10 aliphatic carbocycles. The molecule has 0 heterocycles. The van der Waals surface area contributed by atoms with Gasteiger partial charge < -0.3 is 0 Å². The Bertz CT molecular complexity index is 965. The van der Waals surface area contributed by atoms with E-state index >= 15 is 0 Å². The highest BCUT2D eigenvalue weighted by Crippen LogP contribution is 3.18. The maximum Gasteiger partial charge on any atom is -0.00970 e. The molecular weight excluding hydrogens is 336 g/mol. The van der Waals surface area contributed by atoms with E-state index in [1.807, 2.05) is 0 Å². The summed E-state index contributed by atoms with van der Waals surface area (Å²) in [7, 11) is 0. The molecule has 10 saturated carbocycles. The summed E-state index contributed by atoms with van der Waals surface area (Å²) < 4.78 is 0. The summed E-state index contributed by atoms with van der Waals surface area (Å²) in [6, 6.07) is 0. The first-order chi connectivity index (χ1) is 12.9. The zero-order valence-corrected chi connectivity index (χ0v) is 19.6. The van der Waals surface area contributed by atoms with Crippen LogP contribution in [-0.4, -0.2) is 0 Å². The molecular formula is C28H40. The Labute approximate surface area is 172 Å². The molecule has 10 fully saturated rings. The van der Waals surface area contributed by atoms with Crippen molar-refractivity contribution in [3.05, 3.63) is 0 Å². The first-order valence-corrected chi connectivity index (χ1v) is 12.9. The quantitative estimate of drug-likeness (QED) is 0.452. The molecule has 0 aromatic heterocycles. The highest BCUT2D eigenvalue weighted by molar-refractivity contribution is 5.61. The number of fused-ring (bicyclic) bond motifs is 1. The highest BCUT2D eigenvalue weighted by atomic mass is 15.2. The normalized spacial score (nSPS) is 92.2. The van der Waals surface area contributed by atoms with Crippen molar-refractivity contribution in [3.8, 4) is 0 Å². The van der Waals surface area contributed by atoms with Gasteiger partial charge in [0.25, 0.3) is 0 Å². The lowest BCUT2D eigenvalue weighted by atomic mass is 9.19. The number of rotatable bonds is 0. The third-order valence-corrected chi connectivity index (χ3v) is 18.1. The van der Waals surface area contributed by atoms with E-state index < -0.39 is 0 Å². The Morgan fingerprint density at radius 2 is 1.39 bits per heavy atom. The Morgan fingerprint density at radius 1 is 0.714 bits per heavy atom. The fourth-order valence-corrected chi connectivity index (χ4v) is 18.5. The van der Waals surface area contributed by atoms with Crippen molar-refractivity contribution >= 4 is 0 Å².